The maximum atomic E-state index is 12.3. The van der Waals surface area contributed by atoms with Gasteiger partial charge in [-0.3, -0.25) is 0 Å². The van der Waals surface area contributed by atoms with Crippen LogP contribution in [0.3, 0.4) is 0 Å². The van der Waals surface area contributed by atoms with Gasteiger partial charge in [0, 0.05) is 6.54 Å². The summed E-state index contributed by atoms with van der Waals surface area (Å²) in [6.45, 7) is 0.471. The van der Waals surface area contributed by atoms with Gasteiger partial charge in [-0.15, -0.1) is 0 Å². The summed E-state index contributed by atoms with van der Waals surface area (Å²) in [7, 11) is -0.113. The summed E-state index contributed by atoms with van der Waals surface area (Å²) in [5, 5.41) is 0. The lowest BCUT2D eigenvalue weighted by molar-refractivity contribution is 0.303. The van der Waals surface area contributed by atoms with Crippen LogP contribution in [0.15, 0.2) is 42.5 Å². The second-order valence-electron chi connectivity index (χ2n) is 6.24. The summed E-state index contributed by atoms with van der Waals surface area (Å²) in [4.78, 5) is 0. The highest BCUT2D eigenvalue weighted by atomic mass is 32.2. The summed E-state index contributed by atoms with van der Waals surface area (Å²) in [5.74, 6) is 1.29. The Hall–Kier alpha value is -2.05. The number of rotatable bonds is 5. The van der Waals surface area contributed by atoms with E-state index in [4.69, 9.17) is 9.47 Å². The molecule has 5 nitrogen and oxygen atoms in total. The molecule has 0 saturated carbocycles. The van der Waals surface area contributed by atoms with Crippen LogP contribution in [0, 0.1) is 0 Å². The molecule has 1 aliphatic rings. The quantitative estimate of drug-likeness (QED) is 0.822. The zero-order valence-electron chi connectivity index (χ0n) is 14.7. The van der Waals surface area contributed by atoms with E-state index in [0.717, 1.165) is 16.7 Å². The Balaban J connectivity index is 2.09. The standard InChI is InChI=1S/C19H23NO4S/c1-23-18-12-15-9-10-20(25(3,21)22)17(16(15)13-19(18)24-2)11-14-7-5-4-6-8-14/h4-8,12-13,17H,9-11H2,1-3H3. The summed E-state index contributed by atoms with van der Waals surface area (Å²) < 4.78 is 37.1. The summed E-state index contributed by atoms with van der Waals surface area (Å²) in [5.41, 5.74) is 3.19. The van der Waals surface area contributed by atoms with Crippen molar-refractivity contribution in [1.29, 1.82) is 0 Å². The van der Waals surface area contributed by atoms with Crippen molar-refractivity contribution < 1.29 is 17.9 Å². The van der Waals surface area contributed by atoms with Gasteiger partial charge in [0.05, 0.1) is 26.5 Å². The molecule has 1 heterocycles. The average molecular weight is 361 g/mol. The van der Waals surface area contributed by atoms with E-state index in [1.54, 1.807) is 18.5 Å². The molecule has 6 heteroatoms. The molecule has 1 unspecified atom stereocenters. The number of fused-ring (bicyclic) bond motifs is 1. The number of methoxy groups -OCH3 is 2. The summed E-state index contributed by atoms with van der Waals surface area (Å²) in [6, 6.07) is 13.6. The van der Waals surface area contributed by atoms with Crippen LogP contribution in [-0.2, 0) is 22.9 Å². The molecule has 3 rings (SSSR count). The van der Waals surface area contributed by atoms with Crippen molar-refractivity contribution in [1.82, 2.24) is 4.31 Å². The molecule has 0 N–H and O–H groups in total. The van der Waals surface area contributed by atoms with Crippen molar-refractivity contribution in [3.63, 3.8) is 0 Å². The molecule has 0 bridgehead atoms. The summed E-state index contributed by atoms with van der Waals surface area (Å²) >= 11 is 0. The predicted octanol–water partition coefficient (Wildman–Crippen LogP) is 2.81. The third-order valence-corrected chi connectivity index (χ3v) is 5.94. The third kappa shape index (κ3) is 3.65. The molecule has 0 spiro atoms. The van der Waals surface area contributed by atoms with Crippen molar-refractivity contribution in [2.24, 2.45) is 0 Å². The molecule has 25 heavy (non-hydrogen) atoms. The van der Waals surface area contributed by atoms with Crippen molar-refractivity contribution in [3.8, 4) is 11.5 Å². The molecule has 0 saturated heterocycles. The van der Waals surface area contributed by atoms with Gasteiger partial charge in [0.1, 0.15) is 0 Å². The first-order valence-corrected chi connectivity index (χ1v) is 10.0. The fraction of sp³-hybridized carbons (Fsp3) is 0.368. The van der Waals surface area contributed by atoms with Gasteiger partial charge in [-0.1, -0.05) is 30.3 Å². The lowest BCUT2D eigenvalue weighted by atomic mass is 9.90. The zero-order chi connectivity index (χ0) is 18.0. The van der Waals surface area contributed by atoms with Gasteiger partial charge < -0.3 is 9.47 Å². The van der Waals surface area contributed by atoms with Gasteiger partial charge in [0.25, 0.3) is 0 Å². The Kier molecular flexibility index (Phi) is 5.01. The fourth-order valence-corrected chi connectivity index (χ4v) is 4.52. The molecule has 0 amide bonds. The van der Waals surface area contributed by atoms with Gasteiger partial charge >= 0.3 is 0 Å². The molecule has 1 atom stereocenters. The average Bonchev–Trinajstić information content (AvgIpc) is 2.60. The molecule has 0 aliphatic carbocycles. The molecule has 2 aromatic rings. The second-order valence-corrected chi connectivity index (χ2v) is 8.17. The van der Waals surface area contributed by atoms with Crippen LogP contribution in [0.1, 0.15) is 22.7 Å². The van der Waals surface area contributed by atoms with Gasteiger partial charge in [-0.05, 0) is 41.7 Å². The van der Waals surface area contributed by atoms with Crippen molar-refractivity contribution in [3.05, 3.63) is 59.2 Å². The van der Waals surface area contributed by atoms with E-state index in [1.807, 2.05) is 42.5 Å². The SMILES string of the molecule is COc1cc2c(cc1OC)C(Cc1ccccc1)N(S(C)(=O)=O)CC2. The first-order chi connectivity index (χ1) is 11.9. The maximum absolute atomic E-state index is 12.3. The third-order valence-electron chi connectivity index (χ3n) is 4.65. The largest absolute Gasteiger partial charge is 0.493 e. The van der Waals surface area contributed by atoms with Crippen LogP contribution < -0.4 is 9.47 Å². The van der Waals surface area contributed by atoms with E-state index < -0.39 is 10.0 Å². The predicted molar refractivity (Wildman–Crippen MR) is 97.7 cm³/mol. The maximum Gasteiger partial charge on any atom is 0.211 e. The lowest BCUT2D eigenvalue weighted by Crippen LogP contribution is -2.40. The molecule has 0 radical (unpaired) electrons. The molecular weight excluding hydrogens is 338 g/mol. The van der Waals surface area contributed by atoms with Crippen molar-refractivity contribution >= 4 is 10.0 Å². The van der Waals surface area contributed by atoms with E-state index in [2.05, 4.69) is 0 Å². The fourth-order valence-electron chi connectivity index (χ4n) is 3.45. The van der Waals surface area contributed by atoms with Crippen LogP contribution in [0.2, 0.25) is 0 Å². The van der Waals surface area contributed by atoms with Crippen molar-refractivity contribution in [2.75, 3.05) is 27.0 Å². The van der Waals surface area contributed by atoms with E-state index in [-0.39, 0.29) is 6.04 Å². The highest BCUT2D eigenvalue weighted by molar-refractivity contribution is 7.88. The highest BCUT2D eigenvalue weighted by Crippen LogP contribution is 2.40. The van der Waals surface area contributed by atoms with E-state index in [9.17, 15) is 8.42 Å². The number of nitrogens with zero attached hydrogens (tertiary/aromatic N) is 1. The van der Waals surface area contributed by atoms with Crippen molar-refractivity contribution in [2.45, 2.75) is 18.9 Å². The first kappa shape index (κ1) is 17.8. The Morgan fingerprint density at radius 3 is 2.32 bits per heavy atom. The van der Waals surface area contributed by atoms with E-state index in [1.165, 1.54) is 6.26 Å². The Morgan fingerprint density at radius 1 is 1.08 bits per heavy atom. The van der Waals surface area contributed by atoms with E-state index in [0.29, 0.717) is 30.9 Å². The number of ether oxygens (including phenoxy) is 2. The van der Waals surface area contributed by atoms with Crippen LogP contribution in [-0.4, -0.2) is 39.7 Å². The summed E-state index contributed by atoms with van der Waals surface area (Å²) in [6.07, 6.45) is 2.56. The van der Waals surface area contributed by atoms with Gasteiger partial charge in [-0.25, -0.2) is 8.42 Å². The minimum absolute atomic E-state index is 0.249. The molecule has 0 fully saturated rings. The second kappa shape index (κ2) is 7.06. The number of hydrogen-bond donors (Lipinski definition) is 0. The minimum Gasteiger partial charge on any atom is -0.493 e. The zero-order valence-corrected chi connectivity index (χ0v) is 15.5. The van der Waals surface area contributed by atoms with Crippen LogP contribution >= 0.6 is 0 Å². The first-order valence-electron chi connectivity index (χ1n) is 8.19. The highest BCUT2D eigenvalue weighted by Gasteiger charge is 2.34. The van der Waals surface area contributed by atoms with Crippen LogP contribution in [0.5, 0.6) is 11.5 Å². The number of hydrogen-bond acceptors (Lipinski definition) is 4. The normalized spacial score (nSPS) is 17.8. The topological polar surface area (TPSA) is 55.8 Å². The monoisotopic (exact) mass is 361 g/mol. The minimum atomic E-state index is -3.31. The molecule has 2 aromatic carbocycles. The van der Waals surface area contributed by atoms with E-state index >= 15 is 0 Å². The van der Waals surface area contributed by atoms with Gasteiger partial charge in [0.2, 0.25) is 10.0 Å². The number of sulfonamides is 1. The smallest absolute Gasteiger partial charge is 0.211 e. The Morgan fingerprint density at radius 2 is 1.72 bits per heavy atom. The van der Waals surface area contributed by atoms with Gasteiger partial charge in [-0.2, -0.15) is 4.31 Å². The number of benzene rings is 2. The van der Waals surface area contributed by atoms with Gasteiger partial charge in [0.15, 0.2) is 11.5 Å². The Bertz CT molecular complexity index is 849. The molecular formula is C19H23NO4S. The van der Waals surface area contributed by atoms with Crippen LogP contribution in [0.25, 0.3) is 0 Å². The molecule has 134 valence electrons. The lowest BCUT2D eigenvalue weighted by Gasteiger charge is -2.36. The molecule has 1 aliphatic heterocycles. The van der Waals surface area contributed by atoms with Crippen LogP contribution in [0.4, 0.5) is 0 Å². The molecule has 0 aromatic heterocycles. The Labute approximate surface area is 149 Å².